The molecule has 0 saturated carbocycles. The van der Waals surface area contributed by atoms with Crippen molar-refractivity contribution in [1.82, 2.24) is 29.4 Å². The molecule has 34 heavy (non-hydrogen) atoms. The van der Waals surface area contributed by atoms with Crippen molar-refractivity contribution in [3.8, 4) is 11.3 Å². The van der Waals surface area contributed by atoms with Crippen LogP contribution in [0.3, 0.4) is 0 Å². The molecule has 0 saturated heterocycles. The lowest BCUT2D eigenvalue weighted by atomic mass is 9.73. The first-order valence-corrected chi connectivity index (χ1v) is 10.7. The van der Waals surface area contributed by atoms with E-state index < -0.39 is 11.3 Å². The Hall–Kier alpha value is -4.15. The van der Waals surface area contributed by atoms with Gasteiger partial charge >= 0.3 is 0 Å². The number of amidine groups is 1. The Morgan fingerprint density at radius 2 is 1.79 bits per heavy atom. The second kappa shape index (κ2) is 9.77. The molecule has 0 bridgehead atoms. The first-order chi connectivity index (χ1) is 16.0. The standard InChI is InChI=1S/C23H29N9O2/c1-14(2)23(3,16-6-7-17(26-10-16)15-8-27-22(25)28-9-15)21(24)30-20(34)18-11-32(13-29-18)12-19(33)31(4)5/h6-11,13-14H,12H2,1-5H3,(H2,24,30,34)(H2,25,27,28). The molecular formula is C23H29N9O2. The van der Waals surface area contributed by atoms with Crippen LogP contribution in [0, 0.1) is 5.92 Å². The third-order valence-electron chi connectivity index (χ3n) is 5.91. The van der Waals surface area contributed by atoms with Crippen LogP contribution in [0.15, 0.2) is 48.2 Å². The van der Waals surface area contributed by atoms with Crippen LogP contribution in [-0.4, -0.2) is 61.1 Å². The number of imidazole rings is 1. The zero-order valence-electron chi connectivity index (χ0n) is 19.9. The summed E-state index contributed by atoms with van der Waals surface area (Å²) in [4.78, 5) is 46.9. The molecule has 0 aliphatic carbocycles. The largest absolute Gasteiger partial charge is 0.386 e. The molecule has 3 aromatic heterocycles. The number of nitrogens with zero attached hydrogens (tertiary/aromatic N) is 7. The number of nitrogen functional groups attached to an aromatic ring is 1. The number of carbonyl (C=O) groups is 2. The van der Waals surface area contributed by atoms with Gasteiger partial charge in [0.25, 0.3) is 5.91 Å². The molecule has 0 radical (unpaired) electrons. The van der Waals surface area contributed by atoms with E-state index in [9.17, 15) is 9.59 Å². The maximum atomic E-state index is 12.8. The molecule has 0 spiro atoms. The zero-order valence-corrected chi connectivity index (χ0v) is 19.9. The number of pyridine rings is 1. The van der Waals surface area contributed by atoms with Crippen LogP contribution in [0.2, 0.25) is 0 Å². The quantitative estimate of drug-likeness (QED) is 0.394. The first kappa shape index (κ1) is 24.5. The average molecular weight is 464 g/mol. The number of hydrogen-bond acceptors (Lipinski definition) is 7. The fraction of sp³-hybridized carbons (Fsp3) is 0.348. The van der Waals surface area contributed by atoms with Gasteiger partial charge in [-0.1, -0.05) is 19.9 Å². The van der Waals surface area contributed by atoms with E-state index in [1.807, 2.05) is 32.9 Å². The van der Waals surface area contributed by atoms with E-state index in [4.69, 9.17) is 11.5 Å². The SMILES string of the molecule is CC(C)C(C)(C(N)=NC(=O)c1cn(CC(=O)N(C)C)cn1)c1ccc(-c2cnc(N)nc2)nc1. The van der Waals surface area contributed by atoms with E-state index in [2.05, 4.69) is 24.9 Å². The Kier molecular flexibility index (Phi) is 7.04. The minimum atomic E-state index is -0.762. The normalized spacial score (nSPS) is 13.5. The molecule has 0 aliphatic heterocycles. The van der Waals surface area contributed by atoms with Gasteiger partial charge < -0.3 is 20.9 Å². The molecular weight excluding hydrogens is 434 g/mol. The number of aliphatic imine (C=N–C) groups is 1. The van der Waals surface area contributed by atoms with Gasteiger partial charge in [-0.25, -0.2) is 15.0 Å². The lowest BCUT2D eigenvalue weighted by Crippen LogP contribution is -2.43. The molecule has 1 atom stereocenters. The Morgan fingerprint density at radius 1 is 1.12 bits per heavy atom. The second-order valence-corrected chi connectivity index (χ2v) is 8.64. The predicted octanol–water partition coefficient (Wildman–Crippen LogP) is 1.52. The van der Waals surface area contributed by atoms with Crippen molar-refractivity contribution < 1.29 is 9.59 Å². The van der Waals surface area contributed by atoms with Crippen molar-refractivity contribution in [1.29, 1.82) is 0 Å². The van der Waals surface area contributed by atoms with Gasteiger partial charge in [-0.3, -0.25) is 14.6 Å². The van der Waals surface area contributed by atoms with Crippen LogP contribution in [0.1, 0.15) is 36.8 Å². The molecule has 3 rings (SSSR count). The molecule has 0 aromatic carbocycles. The highest BCUT2D eigenvalue weighted by atomic mass is 16.2. The van der Waals surface area contributed by atoms with Gasteiger partial charge in [0, 0.05) is 44.4 Å². The lowest BCUT2D eigenvalue weighted by molar-refractivity contribution is -0.129. The van der Waals surface area contributed by atoms with Crippen molar-refractivity contribution in [3.63, 3.8) is 0 Å². The summed E-state index contributed by atoms with van der Waals surface area (Å²) in [6.07, 6.45) is 7.82. The van der Waals surface area contributed by atoms with Crippen LogP contribution >= 0.6 is 0 Å². The molecule has 0 aliphatic rings. The molecule has 11 nitrogen and oxygen atoms in total. The first-order valence-electron chi connectivity index (χ1n) is 10.7. The molecule has 4 N–H and O–H groups in total. The second-order valence-electron chi connectivity index (χ2n) is 8.64. The molecule has 3 heterocycles. The molecule has 1 unspecified atom stereocenters. The number of hydrogen-bond donors (Lipinski definition) is 2. The van der Waals surface area contributed by atoms with Gasteiger partial charge in [-0.2, -0.15) is 4.99 Å². The minimum Gasteiger partial charge on any atom is -0.386 e. The number of anilines is 1. The summed E-state index contributed by atoms with van der Waals surface area (Å²) in [7, 11) is 3.32. The number of rotatable bonds is 7. The van der Waals surface area contributed by atoms with Crippen molar-refractivity contribution in [3.05, 3.63) is 54.5 Å². The summed E-state index contributed by atoms with van der Waals surface area (Å²) >= 11 is 0. The van der Waals surface area contributed by atoms with Gasteiger partial charge in [0.1, 0.15) is 18.1 Å². The van der Waals surface area contributed by atoms with Crippen LogP contribution in [0.25, 0.3) is 11.3 Å². The molecule has 3 aromatic rings. The third kappa shape index (κ3) is 5.08. The van der Waals surface area contributed by atoms with Crippen LogP contribution in [0.4, 0.5) is 5.95 Å². The summed E-state index contributed by atoms with van der Waals surface area (Å²) in [5.74, 6) is -0.351. The van der Waals surface area contributed by atoms with E-state index in [0.29, 0.717) is 5.69 Å². The molecule has 0 fully saturated rings. The lowest BCUT2D eigenvalue weighted by Gasteiger charge is -2.33. The number of aromatic nitrogens is 5. The maximum absolute atomic E-state index is 12.8. The fourth-order valence-corrected chi connectivity index (χ4v) is 3.26. The van der Waals surface area contributed by atoms with Crippen molar-refractivity contribution >= 4 is 23.6 Å². The zero-order chi connectivity index (χ0) is 25.0. The highest BCUT2D eigenvalue weighted by Crippen LogP contribution is 2.33. The summed E-state index contributed by atoms with van der Waals surface area (Å²) in [5.41, 5.74) is 13.5. The summed E-state index contributed by atoms with van der Waals surface area (Å²) in [6.45, 7) is 5.99. The van der Waals surface area contributed by atoms with Gasteiger partial charge in [0.05, 0.1) is 17.4 Å². The Labute approximate surface area is 198 Å². The number of likely N-dealkylation sites (N-methyl/N-ethyl adjacent to an activating group) is 1. The van der Waals surface area contributed by atoms with Crippen molar-refractivity contribution in [2.45, 2.75) is 32.7 Å². The predicted molar refractivity (Wildman–Crippen MR) is 129 cm³/mol. The van der Waals surface area contributed by atoms with Gasteiger partial charge in [0.15, 0.2) is 0 Å². The number of carbonyl (C=O) groups excluding carboxylic acids is 2. The minimum absolute atomic E-state index is 0.00632. The highest BCUT2D eigenvalue weighted by Gasteiger charge is 2.36. The fourth-order valence-electron chi connectivity index (χ4n) is 3.26. The summed E-state index contributed by atoms with van der Waals surface area (Å²) in [5, 5.41) is 0. The van der Waals surface area contributed by atoms with E-state index >= 15 is 0 Å². The van der Waals surface area contributed by atoms with Crippen LogP contribution in [0.5, 0.6) is 0 Å². The number of amides is 2. The van der Waals surface area contributed by atoms with Gasteiger partial charge in [-0.15, -0.1) is 0 Å². The monoisotopic (exact) mass is 463 g/mol. The van der Waals surface area contributed by atoms with E-state index in [1.54, 1.807) is 32.7 Å². The topological polar surface area (TPSA) is 158 Å². The Bertz CT molecular complexity index is 1200. The van der Waals surface area contributed by atoms with E-state index in [-0.39, 0.29) is 35.8 Å². The maximum Gasteiger partial charge on any atom is 0.298 e. The van der Waals surface area contributed by atoms with E-state index in [0.717, 1.165) is 11.1 Å². The van der Waals surface area contributed by atoms with Gasteiger partial charge in [0.2, 0.25) is 11.9 Å². The molecule has 2 amide bonds. The smallest absolute Gasteiger partial charge is 0.298 e. The van der Waals surface area contributed by atoms with Gasteiger partial charge in [-0.05, 0) is 24.5 Å². The van der Waals surface area contributed by atoms with Crippen LogP contribution < -0.4 is 11.5 Å². The van der Waals surface area contributed by atoms with E-state index in [1.165, 1.54) is 22.0 Å². The molecule has 11 heteroatoms. The highest BCUT2D eigenvalue weighted by molar-refractivity contribution is 6.05. The Balaban J connectivity index is 1.85. The van der Waals surface area contributed by atoms with Crippen LogP contribution in [-0.2, 0) is 16.8 Å². The summed E-state index contributed by atoms with van der Waals surface area (Å²) in [6, 6.07) is 3.73. The average Bonchev–Trinajstić information content (AvgIpc) is 3.27. The third-order valence-corrected chi connectivity index (χ3v) is 5.91. The van der Waals surface area contributed by atoms with Crippen molar-refractivity contribution in [2.24, 2.45) is 16.6 Å². The Morgan fingerprint density at radius 3 is 2.35 bits per heavy atom. The summed E-state index contributed by atoms with van der Waals surface area (Å²) < 4.78 is 1.53. The van der Waals surface area contributed by atoms with Crippen molar-refractivity contribution in [2.75, 3.05) is 19.8 Å². The number of nitrogens with two attached hydrogens (primary N) is 2. The molecule has 178 valence electrons.